The smallest absolute Gasteiger partial charge is 0.399 e. The lowest BCUT2D eigenvalue weighted by Gasteiger charge is -2.35. The fourth-order valence-electron chi connectivity index (χ4n) is 2.11. The predicted molar refractivity (Wildman–Crippen MR) is 68.2 cm³/mol. The Hall–Kier alpha value is -0.805. The molecule has 2 heterocycles. The van der Waals surface area contributed by atoms with Crippen LogP contribution in [-0.4, -0.2) is 28.1 Å². The molecule has 0 spiro atoms. The van der Waals surface area contributed by atoms with Crippen LogP contribution in [0, 0.1) is 0 Å². The Morgan fingerprint density at radius 1 is 1.29 bits per heavy atom. The fourth-order valence-corrected chi connectivity index (χ4v) is 2.11. The molecule has 5 heteroatoms. The van der Waals surface area contributed by atoms with E-state index >= 15 is 0 Å². The summed E-state index contributed by atoms with van der Waals surface area (Å²) in [5.74, 6) is 0. The first-order chi connectivity index (χ1) is 7.92. The van der Waals surface area contributed by atoms with E-state index in [2.05, 4.69) is 39.7 Å². The van der Waals surface area contributed by atoms with E-state index in [0.717, 1.165) is 18.4 Å². The van der Waals surface area contributed by atoms with E-state index in [1.807, 2.05) is 17.1 Å². The van der Waals surface area contributed by atoms with Crippen LogP contribution in [0.4, 0.5) is 0 Å². The number of hydrogen-bond donors (Lipinski definition) is 0. The summed E-state index contributed by atoms with van der Waals surface area (Å²) < 4.78 is 14.0. The second kappa shape index (κ2) is 4.14. The molecule has 1 aliphatic heterocycles. The summed E-state index contributed by atoms with van der Waals surface area (Å²) in [5, 5.41) is 4.26. The molecule has 1 atom stereocenters. The Morgan fingerprint density at radius 2 is 2.00 bits per heavy atom. The van der Waals surface area contributed by atoms with Gasteiger partial charge in [0.15, 0.2) is 0 Å². The first kappa shape index (κ1) is 12.6. The molecule has 0 radical (unpaired) electrons. The van der Waals surface area contributed by atoms with Gasteiger partial charge in [-0.1, -0.05) is 6.92 Å². The SMILES string of the molecule is CCn1cc(B2OC(C)(C)C(C)(CC)O2)cn1. The zero-order valence-corrected chi connectivity index (χ0v) is 11.4. The van der Waals surface area contributed by atoms with Crippen LogP contribution in [0.25, 0.3) is 0 Å². The Bertz CT molecular complexity index is 405. The molecule has 0 bridgehead atoms. The highest BCUT2D eigenvalue weighted by Crippen LogP contribution is 2.39. The molecule has 0 aliphatic carbocycles. The van der Waals surface area contributed by atoms with Crippen molar-refractivity contribution in [3.05, 3.63) is 12.4 Å². The molecule has 1 fully saturated rings. The van der Waals surface area contributed by atoms with Crippen LogP contribution in [0.15, 0.2) is 12.4 Å². The number of aryl methyl sites for hydroxylation is 1. The molecular formula is C12H21BN2O2. The van der Waals surface area contributed by atoms with Gasteiger partial charge in [0.2, 0.25) is 0 Å². The Balaban J connectivity index is 2.21. The molecule has 1 saturated heterocycles. The lowest BCUT2D eigenvalue weighted by Crippen LogP contribution is -2.44. The first-order valence-corrected chi connectivity index (χ1v) is 6.30. The van der Waals surface area contributed by atoms with Gasteiger partial charge in [0.1, 0.15) is 0 Å². The summed E-state index contributed by atoms with van der Waals surface area (Å²) in [6.45, 7) is 11.3. The van der Waals surface area contributed by atoms with Gasteiger partial charge in [0, 0.05) is 24.4 Å². The van der Waals surface area contributed by atoms with Gasteiger partial charge in [-0.15, -0.1) is 0 Å². The van der Waals surface area contributed by atoms with E-state index in [1.54, 1.807) is 0 Å². The normalized spacial score (nSPS) is 27.7. The van der Waals surface area contributed by atoms with Crippen molar-refractivity contribution in [1.29, 1.82) is 0 Å². The molecule has 17 heavy (non-hydrogen) atoms. The van der Waals surface area contributed by atoms with Crippen molar-refractivity contribution >= 4 is 12.6 Å². The standard InChI is InChI=1S/C12H21BN2O2/c1-6-12(5)11(3,4)16-13(17-12)10-8-14-15(7-2)9-10/h8-9H,6-7H2,1-5H3. The highest BCUT2D eigenvalue weighted by molar-refractivity contribution is 6.62. The maximum absolute atomic E-state index is 6.08. The zero-order chi connectivity index (χ0) is 12.7. The molecule has 1 aromatic rings. The average molecular weight is 236 g/mol. The number of rotatable bonds is 3. The van der Waals surface area contributed by atoms with Crippen LogP contribution in [0.5, 0.6) is 0 Å². The maximum atomic E-state index is 6.08. The highest BCUT2D eigenvalue weighted by atomic mass is 16.7. The van der Waals surface area contributed by atoms with Crippen molar-refractivity contribution in [3.8, 4) is 0 Å². The quantitative estimate of drug-likeness (QED) is 0.748. The molecule has 1 aliphatic rings. The zero-order valence-electron chi connectivity index (χ0n) is 11.4. The summed E-state index contributed by atoms with van der Waals surface area (Å²) in [4.78, 5) is 0. The van der Waals surface area contributed by atoms with Crippen molar-refractivity contribution in [2.24, 2.45) is 0 Å². The van der Waals surface area contributed by atoms with E-state index in [-0.39, 0.29) is 18.3 Å². The molecule has 94 valence electrons. The van der Waals surface area contributed by atoms with Crippen LogP contribution in [-0.2, 0) is 15.9 Å². The van der Waals surface area contributed by atoms with Crippen molar-refractivity contribution in [2.75, 3.05) is 0 Å². The molecule has 1 aromatic heterocycles. The molecule has 0 N–H and O–H groups in total. The van der Waals surface area contributed by atoms with E-state index in [0.29, 0.717) is 0 Å². The third-order valence-corrected chi connectivity index (χ3v) is 3.97. The van der Waals surface area contributed by atoms with Gasteiger partial charge >= 0.3 is 7.12 Å². The molecule has 4 nitrogen and oxygen atoms in total. The molecule has 0 amide bonds. The molecule has 1 unspecified atom stereocenters. The van der Waals surface area contributed by atoms with Crippen molar-refractivity contribution < 1.29 is 9.31 Å². The van der Waals surface area contributed by atoms with Crippen LogP contribution >= 0.6 is 0 Å². The molecular weight excluding hydrogens is 215 g/mol. The van der Waals surface area contributed by atoms with Gasteiger partial charge in [-0.25, -0.2) is 0 Å². The maximum Gasteiger partial charge on any atom is 0.498 e. The van der Waals surface area contributed by atoms with E-state index in [4.69, 9.17) is 9.31 Å². The molecule has 0 saturated carbocycles. The van der Waals surface area contributed by atoms with Gasteiger partial charge in [0.25, 0.3) is 0 Å². The van der Waals surface area contributed by atoms with Gasteiger partial charge < -0.3 is 9.31 Å². The molecule has 0 aromatic carbocycles. The second-order valence-corrected chi connectivity index (χ2v) is 5.29. The number of aromatic nitrogens is 2. The van der Waals surface area contributed by atoms with Crippen molar-refractivity contribution in [2.45, 2.75) is 58.8 Å². The summed E-state index contributed by atoms with van der Waals surface area (Å²) in [6, 6.07) is 0. The van der Waals surface area contributed by atoms with Crippen LogP contribution in [0.3, 0.4) is 0 Å². The van der Waals surface area contributed by atoms with Crippen LogP contribution in [0.1, 0.15) is 41.0 Å². The topological polar surface area (TPSA) is 36.3 Å². The van der Waals surface area contributed by atoms with Crippen LogP contribution < -0.4 is 5.46 Å². The van der Waals surface area contributed by atoms with Crippen molar-refractivity contribution in [1.82, 2.24) is 9.78 Å². The van der Waals surface area contributed by atoms with Crippen LogP contribution in [0.2, 0.25) is 0 Å². The molecule has 2 rings (SSSR count). The van der Waals surface area contributed by atoms with Gasteiger partial charge in [-0.3, -0.25) is 4.68 Å². The lowest BCUT2D eigenvalue weighted by molar-refractivity contribution is -0.0118. The summed E-state index contributed by atoms with van der Waals surface area (Å²) in [7, 11) is -0.296. The summed E-state index contributed by atoms with van der Waals surface area (Å²) in [6.07, 6.45) is 4.74. The second-order valence-electron chi connectivity index (χ2n) is 5.29. The Kier molecular flexibility index (Phi) is 3.08. The fraction of sp³-hybridized carbons (Fsp3) is 0.750. The van der Waals surface area contributed by atoms with Crippen molar-refractivity contribution in [3.63, 3.8) is 0 Å². The number of nitrogens with zero attached hydrogens (tertiary/aromatic N) is 2. The highest BCUT2D eigenvalue weighted by Gasteiger charge is 2.53. The minimum atomic E-state index is -0.296. The van der Waals surface area contributed by atoms with Gasteiger partial charge in [0.05, 0.1) is 11.2 Å². The first-order valence-electron chi connectivity index (χ1n) is 6.30. The minimum Gasteiger partial charge on any atom is -0.399 e. The Labute approximate surface area is 103 Å². The van der Waals surface area contributed by atoms with E-state index in [9.17, 15) is 0 Å². The summed E-state index contributed by atoms with van der Waals surface area (Å²) >= 11 is 0. The predicted octanol–water partition coefficient (Wildman–Crippen LogP) is 1.59. The lowest BCUT2D eigenvalue weighted by atomic mass is 9.82. The largest absolute Gasteiger partial charge is 0.498 e. The van der Waals surface area contributed by atoms with Gasteiger partial charge in [-0.2, -0.15) is 5.10 Å². The van der Waals surface area contributed by atoms with E-state index in [1.165, 1.54) is 0 Å². The Morgan fingerprint density at radius 3 is 2.47 bits per heavy atom. The monoisotopic (exact) mass is 236 g/mol. The average Bonchev–Trinajstić information content (AvgIpc) is 2.83. The van der Waals surface area contributed by atoms with Gasteiger partial charge in [-0.05, 0) is 34.1 Å². The third kappa shape index (κ3) is 2.02. The third-order valence-electron chi connectivity index (χ3n) is 3.97. The summed E-state index contributed by atoms with van der Waals surface area (Å²) in [5.41, 5.74) is 0.476. The minimum absolute atomic E-state index is 0.244. The number of hydrogen-bond acceptors (Lipinski definition) is 3. The van der Waals surface area contributed by atoms with E-state index < -0.39 is 0 Å².